The third-order valence-corrected chi connectivity index (χ3v) is 5.75. The quantitative estimate of drug-likeness (QED) is 0.272. The Bertz CT molecular complexity index is 1330. The predicted octanol–water partition coefficient (Wildman–Crippen LogP) is 5.24. The molecular formula is C28H31N3O5. The van der Waals surface area contributed by atoms with Crippen LogP contribution in [0.15, 0.2) is 60.7 Å². The Hall–Kier alpha value is -4.07. The lowest BCUT2D eigenvalue weighted by molar-refractivity contribution is -0.136. The highest BCUT2D eigenvalue weighted by Crippen LogP contribution is 2.32. The van der Waals surface area contributed by atoms with Crippen molar-refractivity contribution in [2.75, 3.05) is 13.7 Å². The zero-order valence-corrected chi connectivity index (χ0v) is 20.8. The summed E-state index contributed by atoms with van der Waals surface area (Å²) < 4.78 is 19.3. The second-order valence-electron chi connectivity index (χ2n) is 8.77. The van der Waals surface area contributed by atoms with Gasteiger partial charge < -0.3 is 19.3 Å². The molecule has 0 unspecified atom stereocenters. The Morgan fingerprint density at radius 3 is 2.67 bits per heavy atom. The first-order valence-corrected chi connectivity index (χ1v) is 12.0. The van der Waals surface area contributed by atoms with Crippen molar-refractivity contribution < 1.29 is 24.1 Å². The largest absolute Gasteiger partial charge is 0.493 e. The number of carbonyl (C=O) groups is 1. The highest BCUT2D eigenvalue weighted by atomic mass is 16.5. The SMILES string of the molecule is COc1cccc(CC(=O)O)c1OCCCc1cc(OCc2ccc3ccccc3n2)nn1C(C)C. The molecule has 0 bridgehead atoms. The lowest BCUT2D eigenvalue weighted by atomic mass is 10.1. The number of aromatic nitrogens is 3. The summed E-state index contributed by atoms with van der Waals surface area (Å²) in [6, 6.07) is 19.4. The van der Waals surface area contributed by atoms with Gasteiger partial charge in [-0.05, 0) is 44.9 Å². The molecule has 0 aliphatic rings. The second kappa shape index (κ2) is 11.6. The number of benzene rings is 2. The van der Waals surface area contributed by atoms with Crippen LogP contribution < -0.4 is 14.2 Å². The van der Waals surface area contributed by atoms with E-state index >= 15 is 0 Å². The molecule has 36 heavy (non-hydrogen) atoms. The molecule has 0 saturated heterocycles. The van der Waals surface area contributed by atoms with Crippen molar-refractivity contribution in [3.8, 4) is 17.4 Å². The third kappa shape index (κ3) is 6.13. The summed E-state index contributed by atoms with van der Waals surface area (Å²) in [4.78, 5) is 15.9. The molecule has 0 radical (unpaired) electrons. The Morgan fingerprint density at radius 1 is 1.06 bits per heavy atom. The standard InChI is InChI=1S/C28H31N3O5/c1-19(2)31-23(10-7-15-35-28-21(16-27(32)33)9-6-12-25(28)34-3)17-26(30-31)36-18-22-14-13-20-8-4-5-11-24(20)29-22/h4-6,8-9,11-14,17,19H,7,10,15-16,18H2,1-3H3,(H,32,33). The molecule has 4 rings (SSSR count). The number of carboxylic acids is 1. The molecule has 4 aromatic rings. The number of aliphatic carboxylic acids is 1. The molecule has 0 amide bonds. The van der Waals surface area contributed by atoms with E-state index in [1.54, 1.807) is 25.3 Å². The summed E-state index contributed by atoms with van der Waals surface area (Å²) in [7, 11) is 1.54. The van der Waals surface area contributed by atoms with Crippen LogP contribution in [0.5, 0.6) is 17.4 Å². The van der Waals surface area contributed by atoms with Gasteiger partial charge in [-0.25, -0.2) is 4.98 Å². The topological polar surface area (TPSA) is 95.7 Å². The monoisotopic (exact) mass is 489 g/mol. The zero-order chi connectivity index (χ0) is 25.5. The number of hydrogen-bond donors (Lipinski definition) is 1. The third-order valence-electron chi connectivity index (χ3n) is 5.75. The maximum Gasteiger partial charge on any atom is 0.307 e. The van der Waals surface area contributed by atoms with Gasteiger partial charge in [-0.2, -0.15) is 0 Å². The summed E-state index contributed by atoms with van der Waals surface area (Å²) in [6.07, 6.45) is 1.32. The first-order valence-electron chi connectivity index (χ1n) is 12.0. The van der Waals surface area contributed by atoms with Gasteiger partial charge >= 0.3 is 5.97 Å². The van der Waals surface area contributed by atoms with Crippen LogP contribution >= 0.6 is 0 Å². The van der Waals surface area contributed by atoms with Crippen LogP contribution in [0.3, 0.4) is 0 Å². The number of hydrogen-bond acceptors (Lipinski definition) is 6. The van der Waals surface area contributed by atoms with Crippen molar-refractivity contribution in [3.05, 3.63) is 77.6 Å². The summed E-state index contributed by atoms with van der Waals surface area (Å²) in [5.41, 5.74) is 3.41. The van der Waals surface area contributed by atoms with Crippen LogP contribution in [0.25, 0.3) is 10.9 Å². The van der Waals surface area contributed by atoms with Crippen LogP contribution in [0.1, 0.15) is 43.3 Å². The molecule has 1 N–H and O–H groups in total. The average molecular weight is 490 g/mol. The molecule has 0 atom stereocenters. The fraction of sp³-hybridized carbons (Fsp3) is 0.321. The molecule has 0 spiro atoms. The molecule has 2 aromatic heterocycles. The first-order chi connectivity index (χ1) is 17.4. The van der Waals surface area contributed by atoms with E-state index in [4.69, 9.17) is 14.2 Å². The van der Waals surface area contributed by atoms with E-state index in [0.29, 0.717) is 42.6 Å². The minimum atomic E-state index is -0.916. The fourth-order valence-corrected chi connectivity index (χ4v) is 4.06. The molecule has 8 nitrogen and oxygen atoms in total. The Morgan fingerprint density at radius 2 is 1.89 bits per heavy atom. The Labute approximate surface area is 210 Å². The average Bonchev–Trinajstić information content (AvgIpc) is 3.29. The number of nitrogens with zero attached hydrogens (tertiary/aromatic N) is 3. The van der Waals surface area contributed by atoms with Gasteiger partial charge in [0.25, 0.3) is 0 Å². The van der Waals surface area contributed by atoms with Gasteiger partial charge in [-0.15, -0.1) is 5.10 Å². The van der Waals surface area contributed by atoms with Crippen molar-refractivity contribution >= 4 is 16.9 Å². The molecule has 8 heteroatoms. The van der Waals surface area contributed by atoms with Crippen molar-refractivity contribution in [3.63, 3.8) is 0 Å². The van der Waals surface area contributed by atoms with Crippen LogP contribution in [0.4, 0.5) is 0 Å². The minimum Gasteiger partial charge on any atom is -0.493 e. The lowest BCUT2D eigenvalue weighted by Crippen LogP contribution is -2.10. The van der Waals surface area contributed by atoms with E-state index in [-0.39, 0.29) is 12.5 Å². The molecule has 2 aromatic carbocycles. The number of rotatable bonds is 12. The Balaban J connectivity index is 1.38. The number of aryl methyl sites for hydroxylation is 1. The predicted molar refractivity (Wildman–Crippen MR) is 137 cm³/mol. The minimum absolute atomic E-state index is 0.126. The normalized spacial score (nSPS) is 11.1. The van der Waals surface area contributed by atoms with Crippen molar-refractivity contribution in [1.29, 1.82) is 0 Å². The van der Waals surface area contributed by atoms with Crippen LogP contribution in [-0.2, 0) is 24.2 Å². The van der Waals surface area contributed by atoms with Crippen molar-refractivity contribution in [2.24, 2.45) is 0 Å². The van der Waals surface area contributed by atoms with E-state index in [9.17, 15) is 9.90 Å². The highest BCUT2D eigenvalue weighted by molar-refractivity contribution is 5.78. The molecule has 0 aliphatic carbocycles. The van der Waals surface area contributed by atoms with Gasteiger partial charge in [0.05, 0.1) is 31.3 Å². The van der Waals surface area contributed by atoms with Crippen molar-refractivity contribution in [1.82, 2.24) is 14.8 Å². The van der Waals surface area contributed by atoms with E-state index in [1.165, 1.54) is 0 Å². The summed E-state index contributed by atoms with van der Waals surface area (Å²) in [5.74, 6) is 0.647. The van der Waals surface area contributed by atoms with Gasteiger partial charge in [0.2, 0.25) is 5.88 Å². The second-order valence-corrected chi connectivity index (χ2v) is 8.77. The summed E-state index contributed by atoms with van der Waals surface area (Å²) in [5, 5.41) is 14.9. The van der Waals surface area contributed by atoms with E-state index in [2.05, 4.69) is 23.9 Å². The first kappa shape index (κ1) is 25.0. The molecule has 2 heterocycles. The smallest absolute Gasteiger partial charge is 0.307 e. The van der Waals surface area contributed by atoms with Gasteiger partial charge in [-0.3, -0.25) is 9.48 Å². The van der Waals surface area contributed by atoms with Crippen LogP contribution in [0.2, 0.25) is 0 Å². The van der Waals surface area contributed by atoms with Gasteiger partial charge in [0, 0.05) is 28.8 Å². The Kier molecular flexibility index (Phi) is 8.05. The maximum absolute atomic E-state index is 11.2. The highest BCUT2D eigenvalue weighted by Gasteiger charge is 2.15. The van der Waals surface area contributed by atoms with E-state index < -0.39 is 5.97 Å². The fourth-order valence-electron chi connectivity index (χ4n) is 4.06. The van der Waals surface area contributed by atoms with Crippen molar-refractivity contribution in [2.45, 2.75) is 45.8 Å². The number of pyridine rings is 1. The summed E-state index contributed by atoms with van der Waals surface area (Å²) >= 11 is 0. The number of carboxylic acid groups (broad SMARTS) is 1. The molecule has 0 aliphatic heterocycles. The van der Waals surface area contributed by atoms with Crippen LogP contribution in [-0.4, -0.2) is 39.6 Å². The molecule has 188 valence electrons. The molecule has 0 fully saturated rings. The zero-order valence-electron chi connectivity index (χ0n) is 20.8. The van der Waals surface area contributed by atoms with Crippen LogP contribution in [0, 0.1) is 0 Å². The maximum atomic E-state index is 11.2. The number of para-hydroxylation sites is 2. The number of ether oxygens (including phenoxy) is 3. The van der Waals surface area contributed by atoms with Gasteiger partial charge in [0.1, 0.15) is 6.61 Å². The van der Waals surface area contributed by atoms with Gasteiger partial charge in [0.15, 0.2) is 11.5 Å². The summed E-state index contributed by atoms with van der Waals surface area (Å²) in [6.45, 7) is 4.90. The number of fused-ring (bicyclic) bond motifs is 1. The van der Waals surface area contributed by atoms with Gasteiger partial charge in [-0.1, -0.05) is 36.4 Å². The van der Waals surface area contributed by atoms with E-state index in [1.807, 2.05) is 47.1 Å². The molecule has 0 saturated carbocycles. The van der Waals surface area contributed by atoms with E-state index in [0.717, 1.165) is 28.7 Å². The lowest BCUT2D eigenvalue weighted by Gasteiger charge is -2.15. The number of methoxy groups -OCH3 is 1. The molecular weight excluding hydrogens is 458 g/mol.